The first-order valence-corrected chi connectivity index (χ1v) is 20.3. The number of fused-ring (bicyclic) bond motifs is 7. The third-order valence-corrected chi connectivity index (χ3v) is 12.2. The molecule has 1 fully saturated rings. The van der Waals surface area contributed by atoms with Crippen LogP contribution in [-0.2, 0) is 42.7 Å². The number of quaternary nitrogens is 2. The first kappa shape index (κ1) is 40.2. The normalized spacial score (nSPS) is 19.0. The third-order valence-electron chi connectivity index (χ3n) is 12.2. The van der Waals surface area contributed by atoms with Crippen molar-refractivity contribution in [2.75, 3.05) is 0 Å². The number of hydrogen-bond acceptors (Lipinski definition) is 2. The zero-order valence-electron chi connectivity index (χ0n) is 36.0. The second-order valence-corrected chi connectivity index (χ2v) is 20.3. The molecule has 1 unspecified atom stereocenters. The van der Waals surface area contributed by atoms with Gasteiger partial charge < -0.3 is 9.30 Å². The van der Waals surface area contributed by atoms with Crippen molar-refractivity contribution in [1.29, 1.82) is 0 Å². The summed E-state index contributed by atoms with van der Waals surface area (Å²) in [6, 6.07) is 45.2. The summed E-state index contributed by atoms with van der Waals surface area (Å²) in [6.45, 7) is 29.6. The maximum Gasteiger partial charge on any atom is 0.225 e. The zero-order chi connectivity index (χ0) is 40.5. The summed E-state index contributed by atoms with van der Waals surface area (Å²) >= 11 is 0. The number of pyridine rings is 1. The zero-order valence-corrected chi connectivity index (χ0v) is 38.3. The molecule has 5 nitrogen and oxygen atoms in total. The van der Waals surface area contributed by atoms with E-state index < -0.39 is 0 Å². The van der Waals surface area contributed by atoms with Crippen molar-refractivity contribution >= 4 is 44.6 Å². The Bertz CT molecular complexity index is 2750. The van der Waals surface area contributed by atoms with Gasteiger partial charge in [0.05, 0.1) is 5.69 Å². The first-order chi connectivity index (χ1) is 26.7. The van der Waals surface area contributed by atoms with Crippen LogP contribution in [0, 0.1) is 18.8 Å². The van der Waals surface area contributed by atoms with E-state index in [0.29, 0.717) is 20.7 Å². The predicted octanol–water partition coefficient (Wildman–Crippen LogP) is 14.1. The van der Waals surface area contributed by atoms with Gasteiger partial charge in [-0.15, -0.1) is 29.7 Å². The number of ether oxygens (including phenoxy) is 1. The molecule has 9 rings (SSSR count). The van der Waals surface area contributed by atoms with E-state index in [2.05, 4.69) is 197 Å². The Hall–Kier alpha value is -4.54. The smallest absolute Gasteiger partial charge is 0.225 e. The summed E-state index contributed by atoms with van der Waals surface area (Å²) in [4.78, 5) is 4.92. The van der Waals surface area contributed by atoms with Crippen LogP contribution in [-0.4, -0.2) is 9.55 Å². The number of aromatic nitrogens is 2. The Kier molecular flexibility index (Phi) is 9.18. The fraction of sp³-hybridized carbons (Fsp3) is 0.308. The third kappa shape index (κ3) is 6.19. The van der Waals surface area contributed by atoms with Crippen LogP contribution in [0.3, 0.4) is 0 Å². The van der Waals surface area contributed by atoms with Crippen LogP contribution in [0.15, 0.2) is 109 Å². The van der Waals surface area contributed by atoms with Gasteiger partial charge in [0.25, 0.3) is 0 Å². The standard InChI is InChI=1S/C52H55N4O.Pt/c1-49(2,3)34-15-13-16-38(27-34)55-33-56(55,47-29-36(51(7,8)9)20-24-46(47)55)39-17-14-18-40(31-39)57-41-21-22-42-43-28-35(50(4,5)6)19-23-44(43)54(45(42)32-41)48-30-37(25-26-53-48)52(10,11)12;/h13-30,33H,1-12H3;/q-1;/t55-,56?;/m0./s1. The van der Waals surface area contributed by atoms with Crippen molar-refractivity contribution in [3.05, 3.63) is 150 Å². The largest absolute Gasteiger partial charge is 0.509 e. The molecule has 5 aromatic carbocycles. The van der Waals surface area contributed by atoms with Crippen molar-refractivity contribution < 1.29 is 25.8 Å². The molecule has 1 saturated heterocycles. The minimum absolute atomic E-state index is 0. The van der Waals surface area contributed by atoms with E-state index in [1.807, 2.05) is 18.3 Å². The van der Waals surface area contributed by atoms with E-state index in [1.165, 1.54) is 44.7 Å². The average molecular weight is 947 g/mol. The summed E-state index contributed by atoms with van der Waals surface area (Å²) in [5.41, 5.74) is 12.1. The molecular formula is C52H55N4OPt-. The van der Waals surface area contributed by atoms with Gasteiger partial charge in [-0.05, 0) is 67.5 Å². The molecule has 2 aromatic heterocycles. The van der Waals surface area contributed by atoms with Crippen LogP contribution in [0.25, 0.3) is 27.6 Å². The molecule has 2 atom stereocenters. The van der Waals surface area contributed by atoms with E-state index in [1.54, 1.807) is 0 Å². The van der Waals surface area contributed by atoms with Crippen LogP contribution in [0.4, 0.5) is 22.7 Å². The molecule has 7 aromatic rings. The first-order valence-electron chi connectivity index (χ1n) is 20.3. The molecule has 0 aliphatic carbocycles. The summed E-state index contributed by atoms with van der Waals surface area (Å²) in [6.07, 6.45) is 1.92. The number of nitrogens with zero attached hydrogens (tertiary/aromatic N) is 4. The topological polar surface area (TPSA) is 27.1 Å². The van der Waals surface area contributed by atoms with Crippen LogP contribution < -0.4 is 13.9 Å². The minimum Gasteiger partial charge on any atom is -0.509 e. The van der Waals surface area contributed by atoms with Crippen molar-refractivity contribution in [2.24, 2.45) is 0 Å². The molecule has 0 spiro atoms. The molecule has 2 aliphatic heterocycles. The van der Waals surface area contributed by atoms with Crippen LogP contribution in [0.1, 0.15) is 105 Å². The van der Waals surface area contributed by atoms with E-state index in [9.17, 15) is 0 Å². The number of hydrogen-bond donors (Lipinski definition) is 0. The Morgan fingerprint density at radius 1 is 0.552 bits per heavy atom. The fourth-order valence-corrected chi connectivity index (χ4v) is 8.63. The van der Waals surface area contributed by atoms with E-state index in [0.717, 1.165) is 27.9 Å². The quantitative estimate of drug-likeness (QED) is 0.0977. The van der Waals surface area contributed by atoms with Gasteiger partial charge in [0.15, 0.2) is 12.4 Å². The van der Waals surface area contributed by atoms with Crippen molar-refractivity contribution in [1.82, 2.24) is 18.7 Å². The van der Waals surface area contributed by atoms with Gasteiger partial charge in [-0.2, -0.15) is 16.7 Å². The summed E-state index contributed by atoms with van der Waals surface area (Å²) in [7, 11) is 0. The van der Waals surface area contributed by atoms with Crippen molar-refractivity contribution in [3.63, 3.8) is 0 Å². The molecule has 6 heteroatoms. The Morgan fingerprint density at radius 2 is 1.17 bits per heavy atom. The van der Waals surface area contributed by atoms with Gasteiger partial charge >= 0.3 is 0 Å². The van der Waals surface area contributed by atoms with Gasteiger partial charge in [0.1, 0.15) is 5.82 Å². The molecular weight excluding hydrogens is 892 g/mol. The van der Waals surface area contributed by atoms with E-state index >= 15 is 0 Å². The molecule has 0 radical (unpaired) electrons. The van der Waals surface area contributed by atoms with Gasteiger partial charge in [-0.3, -0.25) is 0 Å². The minimum atomic E-state index is -0.0212. The predicted molar refractivity (Wildman–Crippen MR) is 238 cm³/mol. The molecule has 0 bridgehead atoms. The molecule has 4 heterocycles. The number of benzene rings is 5. The summed E-state index contributed by atoms with van der Waals surface area (Å²) < 4.78 is 10.2. The Labute approximate surface area is 359 Å². The van der Waals surface area contributed by atoms with Crippen molar-refractivity contribution in [3.8, 4) is 17.3 Å². The Balaban J connectivity index is 0.00000469. The maximum absolute atomic E-state index is 6.74. The summed E-state index contributed by atoms with van der Waals surface area (Å²) in [5.74, 6) is 2.16. The molecule has 300 valence electrons. The van der Waals surface area contributed by atoms with E-state index in [-0.39, 0.29) is 42.7 Å². The van der Waals surface area contributed by atoms with Gasteiger partial charge in [0, 0.05) is 68.5 Å². The van der Waals surface area contributed by atoms with Gasteiger partial charge in [0.2, 0.25) is 11.4 Å². The second kappa shape index (κ2) is 13.2. The summed E-state index contributed by atoms with van der Waals surface area (Å²) in [5, 5.41) is 2.30. The number of rotatable bonds is 5. The van der Waals surface area contributed by atoms with Crippen molar-refractivity contribution in [2.45, 2.75) is 105 Å². The monoisotopic (exact) mass is 946 g/mol. The molecule has 0 saturated carbocycles. The van der Waals surface area contributed by atoms with Crippen LogP contribution >= 0.6 is 0 Å². The van der Waals surface area contributed by atoms with E-state index in [4.69, 9.17) is 9.72 Å². The SMILES string of the molecule is CC(C)(C)c1cccc([N@+]23[CH-][N+]2(c2[c-]c(Oc4[c-]c5c(cc4)c4cc(C(C)(C)C)ccc4n5-c4cc(C(C)(C)C)ccn4)ccc2)c2cc(C(C)(C)C)ccc23)c1.[Pt]. The maximum atomic E-state index is 6.74. The van der Waals surface area contributed by atoms with Gasteiger partial charge in [-0.1, -0.05) is 125 Å². The van der Waals surface area contributed by atoms with Crippen LogP contribution in [0.2, 0.25) is 0 Å². The molecule has 0 N–H and O–H groups in total. The van der Waals surface area contributed by atoms with Crippen LogP contribution in [0.5, 0.6) is 11.5 Å². The Morgan fingerprint density at radius 3 is 1.88 bits per heavy atom. The molecule has 2 aliphatic rings. The van der Waals surface area contributed by atoms with Gasteiger partial charge in [-0.25, -0.2) is 9.58 Å². The molecule has 0 amide bonds. The average Bonchev–Trinajstić information content (AvgIpc) is 3.64. The fourth-order valence-electron chi connectivity index (χ4n) is 8.63. The molecule has 58 heavy (non-hydrogen) atoms. The second-order valence-electron chi connectivity index (χ2n) is 20.3.